The molecule has 1 amide bonds. The summed E-state index contributed by atoms with van der Waals surface area (Å²) in [5.74, 6) is -0.414. The van der Waals surface area contributed by atoms with Crippen LogP contribution >= 0.6 is 0 Å². The van der Waals surface area contributed by atoms with E-state index in [1.807, 2.05) is 12.1 Å². The third-order valence-corrected chi connectivity index (χ3v) is 2.37. The molecule has 2 heterocycles. The molecule has 8 heteroatoms. The van der Waals surface area contributed by atoms with E-state index >= 15 is 0 Å². The minimum atomic E-state index is -0.401. The number of nitrogens with two attached hydrogens (primary N) is 1. The van der Waals surface area contributed by atoms with Crippen LogP contribution in [0, 0.1) is 0 Å². The van der Waals surface area contributed by atoms with Gasteiger partial charge in [-0.3, -0.25) is 9.78 Å². The van der Waals surface area contributed by atoms with Crippen LogP contribution in [-0.4, -0.2) is 34.3 Å². The van der Waals surface area contributed by atoms with Gasteiger partial charge in [-0.05, 0) is 21.9 Å². The Kier molecular flexibility index (Phi) is 4.40. The zero-order valence-corrected chi connectivity index (χ0v) is 10.2. The first-order valence-corrected chi connectivity index (χ1v) is 5.73. The molecular formula is C11H14N6O2. The van der Waals surface area contributed by atoms with Gasteiger partial charge in [0.2, 0.25) is 11.5 Å². The van der Waals surface area contributed by atoms with Gasteiger partial charge in [0.25, 0.3) is 5.91 Å². The summed E-state index contributed by atoms with van der Waals surface area (Å²) in [5.41, 5.74) is 6.49. The van der Waals surface area contributed by atoms with Gasteiger partial charge in [-0.15, -0.1) is 0 Å². The van der Waals surface area contributed by atoms with Crippen molar-refractivity contribution in [2.24, 2.45) is 0 Å². The average Bonchev–Trinajstić information content (AvgIpc) is 2.86. The molecule has 100 valence electrons. The summed E-state index contributed by atoms with van der Waals surface area (Å²) >= 11 is 0. The molecule has 0 aliphatic heterocycles. The summed E-state index contributed by atoms with van der Waals surface area (Å²) in [6.07, 6.45) is 3.51. The number of rotatable bonds is 6. The van der Waals surface area contributed by atoms with Gasteiger partial charge in [-0.1, -0.05) is 6.07 Å². The molecule has 0 saturated heterocycles. The van der Waals surface area contributed by atoms with E-state index in [1.54, 1.807) is 12.4 Å². The molecule has 0 aliphatic carbocycles. The average molecular weight is 262 g/mol. The van der Waals surface area contributed by atoms with Crippen molar-refractivity contribution in [1.82, 2.24) is 25.9 Å². The first kappa shape index (κ1) is 13.0. The highest BCUT2D eigenvalue weighted by molar-refractivity contribution is 5.95. The van der Waals surface area contributed by atoms with Crippen molar-refractivity contribution in [1.29, 1.82) is 0 Å². The van der Waals surface area contributed by atoms with Crippen molar-refractivity contribution < 1.29 is 9.42 Å². The van der Waals surface area contributed by atoms with Crippen molar-refractivity contribution in [3.05, 3.63) is 35.8 Å². The SMILES string of the molecule is Nc1nonc1C(=O)NCCNCc1cccnc1. The maximum Gasteiger partial charge on any atom is 0.277 e. The molecule has 0 radical (unpaired) electrons. The Labute approximate surface area is 109 Å². The molecule has 8 nitrogen and oxygen atoms in total. The fraction of sp³-hybridized carbons (Fsp3) is 0.273. The van der Waals surface area contributed by atoms with E-state index in [2.05, 4.69) is 30.6 Å². The summed E-state index contributed by atoms with van der Waals surface area (Å²) in [4.78, 5) is 15.6. The monoisotopic (exact) mass is 262 g/mol. The Morgan fingerprint density at radius 2 is 2.26 bits per heavy atom. The number of carbonyl (C=O) groups excluding carboxylic acids is 1. The molecule has 0 unspecified atom stereocenters. The van der Waals surface area contributed by atoms with Crippen molar-refractivity contribution in [3.63, 3.8) is 0 Å². The smallest absolute Gasteiger partial charge is 0.277 e. The number of hydrogen-bond acceptors (Lipinski definition) is 7. The van der Waals surface area contributed by atoms with E-state index in [0.29, 0.717) is 19.6 Å². The van der Waals surface area contributed by atoms with E-state index in [-0.39, 0.29) is 11.5 Å². The lowest BCUT2D eigenvalue weighted by Crippen LogP contribution is -2.32. The molecule has 19 heavy (non-hydrogen) atoms. The van der Waals surface area contributed by atoms with Crippen LogP contribution in [-0.2, 0) is 6.54 Å². The normalized spacial score (nSPS) is 10.3. The Morgan fingerprint density at radius 1 is 1.37 bits per heavy atom. The molecule has 0 atom stereocenters. The quantitative estimate of drug-likeness (QED) is 0.604. The first-order valence-electron chi connectivity index (χ1n) is 5.73. The van der Waals surface area contributed by atoms with Crippen LogP contribution in [0.15, 0.2) is 29.2 Å². The highest BCUT2D eigenvalue weighted by Gasteiger charge is 2.14. The Balaban J connectivity index is 1.65. The van der Waals surface area contributed by atoms with Crippen LogP contribution in [0.1, 0.15) is 16.1 Å². The maximum absolute atomic E-state index is 11.6. The number of carbonyl (C=O) groups is 1. The third kappa shape index (κ3) is 3.75. The lowest BCUT2D eigenvalue weighted by atomic mass is 10.3. The number of anilines is 1. The van der Waals surface area contributed by atoms with Gasteiger partial charge in [-0.2, -0.15) is 0 Å². The Morgan fingerprint density at radius 3 is 2.95 bits per heavy atom. The van der Waals surface area contributed by atoms with Crippen molar-refractivity contribution in [2.75, 3.05) is 18.8 Å². The van der Waals surface area contributed by atoms with Crippen LogP contribution in [0.2, 0.25) is 0 Å². The van der Waals surface area contributed by atoms with E-state index in [9.17, 15) is 4.79 Å². The highest BCUT2D eigenvalue weighted by atomic mass is 16.6. The zero-order valence-electron chi connectivity index (χ0n) is 10.2. The van der Waals surface area contributed by atoms with Gasteiger partial charge in [-0.25, -0.2) is 4.63 Å². The molecular weight excluding hydrogens is 248 g/mol. The Bertz CT molecular complexity index is 527. The Hall–Kier alpha value is -2.48. The van der Waals surface area contributed by atoms with Gasteiger partial charge in [0.15, 0.2) is 0 Å². The second kappa shape index (κ2) is 6.45. The fourth-order valence-electron chi connectivity index (χ4n) is 1.44. The number of amides is 1. The molecule has 2 aromatic rings. The van der Waals surface area contributed by atoms with Crippen LogP contribution in [0.4, 0.5) is 5.82 Å². The predicted molar refractivity (Wildman–Crippen MR) is 67.0 cm³/mol. The first-order chi connectivity index (χ1) is 9.27. The number of hydrogen-bond donors (Lipinski definition) is 3. The summed E-state index contributed by atoms with van der Waals surface area (Å²) in [6.45, 7) is 1.76. The zero-order chi connectivity index (χ0) is 13.5. The van der Waals surface area contributed by atoms with Gasteiger partial charge in [0, 0.05) is 32.0 Å². The highest BCUT2D eigenvalue weighted by Crippen LogP contribution is 2.02. The number of pyridine rings is 1. The maximum atomic E-state index is 11.6. The van der Waals surface area contributed by atoms with Crippen molar-refractivity contribution >= 4 is 11.7 Å². The van der Waals surface area contributed by atoms with Crippen LogP contribution in [0.3, 0.4) is 0 Å². The summed E-state index contributed by atoms with van der Waals surface area (Å²) in [7, 11) is 0. The van der Waals surface area contributed by atoms with E-state index < -0.39 is 5.91 Å². The lowest BCUT2D eigenvalue weighted by Gasteiger charge is -2.05. The standard InChI is InChI=1S/C11H14N6O2/c12-10-9(16-19-17-10)11(18)15-5-4-14-7-8-2-1-3-13-6-8/h1-3,6,14H,4-5,7H2,(H2,12,17)(H,15,18). The topological polar surface area (TPSA) is 119 Å². The second-order valence-corrected chi connectivity index (χ2v) is 3.79. The summed E-state index contributed by atoms with van der Waals surface area (Å²) in [5, 5.41) is 12.6. The predicted octanol–water partition coefficient (Wildman–Crippen LogP) is -0.434. The van der Waals surface area contributed by atoms with E-state index in [0.717, 1.165) is 5.56 Å². The number of aromatic nitrogens is 3. The fourth-order valence-corrected chi connectivity index (χ4v) is 1.44. The molecule has 2 rings (SSSR count). The number of nitrogens with one attached hydrogen (secondary N) is 2. The third-order valence-electron chi connectivity index (χ3n) is 2.37. The summed E-state index contributed by atoms with van der Waals surface area (Å²) in [6, 6.07) is 3.85. The number of nitrogen functional groups attached to an aromatic ring is 1. The number of nitrogens with zero attached hydrogens (tertiary/aromatic N) is 3. The minimum Gasteiger partial charge on any atom is -0.379 e. The van der Waals surface area contributed by atoms with Crippen LogP contribution < -0.4 is 16.4 Å². The minimum absolute atomic E-state index is 0.00672. The molecule has 0 spiro atoms. The van der Waals surface area contributed by atoms with Crippen molar-refractivity contribution in [3.8, 4) is 0 Å². The van der Waals surface area contributed by atoms with Crippen LogP contribution in [0.5, 0.6) is 0 Å². The van der Waals surface area contributed by atoms with Gasteiger partial charge < -0.3 is 16.4 Å². The van der Waals surface area contributed by atoms with Gasteiger partial charge in [0.05, 0.1) is 0 Å². The lowest BCUT2D eigenvalue weighted by molar-refractivity contribution is 0.0944. The van der Waals surface area contributed by atoms with Crippen molar-refractivity contribution in [2.45, 2.75) is 6.54 Å². The summed E-state index contributed by atoms with van der Waals surface area (Å²) < 4.78 is 4.34. The largest absolute Gasteiger partial charge is 0.379 e. The molecule has 0 bridgehead atoms. The van der Waals surface area contributed by atoms with Gasteiger partial charge in [0.1, 0.15) is 0 Å². The molecule has 2 aromatic heterocycles. The van der Waals surface area contributed by atoms with E-state index in [1.165, 1.54) is 0 Å². The molecule has 0 aromatic carbocycles. The van der Waals surface area contributed by atoms with Crippen LogP contribution in [0.25, 0.3) is 0 Å². The molecule has 0 saturated carbocycles. The molecule has 4 N–H and O–H groups in total. The second-order valence-electron chi connectivity index (χ2n) is 3.79. The molecule has 0 fully saturated rings. The van der Waals surface area contributed by atoms with E-state index in [4.69, 9.17) is 5.73 Å². The molecule has 0 aliphatic rings. The van der Waals surface area contributed by atoms with Gasteiger partial charge >= 0.3 is 0 Å².